The number of amides is 3. The van der Waals surface area contributed by atoms with Crippen LogP contribution in [-0.2, 0) is 14.4 Å². The van der Waals surface area contributed by atoms with Crippen LogP contribution in [0.3, 0.4) is 0 Å². The van der Waals surface area contributed by atoms with Crippen LogP contribution in [0.15, 0.2) is 60.8 Å². The van der Waals surface area contributed by atoms with Crippen LogP contribution in [0.1, 0.15) is 61.4 Å². The van der Waals surface area contributed by atoms with Gasteiger partial charge in [-0.25, -0.2) is 18.7 Å². The normalized spacial score (nSPS) is 18.6. The van der Waals surface area contributed by atoms with Gasteiger partial charge in [0.25, 0.3) is 5.91 Å². The lowest BCUT2D eigenvalue weighted by Gasteiger charge is -2.37. The van der Waals surface area contributed by atoms with Crippen molar-refractivity contribution in [2.24, 2.45) is 0 Å². The molecule has 5 rings (SSSR count). The lowest BCUT2D eigenvalue weighted by Crippen LogP contribution is -2.53. The highest BCUT2D eigenvalue weighted by atomic mass is 35.5. The predicted molar refractivity (Wildman–Crippen MR) is 155 cm³/mol. The molecule has 10 nitrogen and oxygen atoms in total. The van der Waals surface area contributed by atoms with Crippen LogP contribution in [0, 0.1) is 22.7 Å². The number of carbonyl (C=O) groups excluding carboxylic acids is 3. The minimum Gasteiger partial charge on any atom is -0.351 e. The lowest BCUT2D eigenvalue weighted by atomic mass is 9.91. The lowest BCUT2D eigenvalue weighted by molar-refractivity contribution is -0.128. The van der Waals surface area contributed by atoms with E-state index < -0.39 is 41.8 Å². The Labute approximate surface area is 256 Å². The van der Waals surface area contributed by atoms with Crippen LogP contribution in [0.5, 0.6) is 0 Å². The van der Waals surface area contributed by atoms with Crippen molar-refractivity contribution in [2.75, 3.05) is 9.80 Å². The van der Waals surface area contributed by atoms with Crippen molar-refractivity contribution in [3.05, 3.63) is 82.6 Å². The minimum atomic E-state index is -2.81. The molecule has 1 aromatic heterocycles. The fourth-order valence-corrected chi connectivity index (χ4v) is 5.78. The third-order valence-corrected chi connectivity index (χ3v) is 8.07. The second-order valence-corrected chi connectivity index (χ2v) is 11.0. The topological polar surface area (TPSA) is 143 Å². The Kier molecular flexibility index (Phi) is 8.83. The smallest absolute Gasteiger partial charge is 0.251 e. The summed E-state index contributed by atoms with van der Waals surface area (Å²) >= 11 is 6.59. The Morgan fingerprint density at radius 3 is 2.52 bits per heavy atom. The molecule has 0 bridgehead atoms. The highest BCUT2D eigenvalue weighted by Gasteiger charge is 2.45. The van der Waals surface area contributed by atoms with Crippen molar-refractivity contribution < 1.29 is 23.2 Å². The van der Waals surface area contributed by atoms with Crippen LogP contribution in [-0.4, -0.2) is 45.7 Å². The van der Waals surface area contributed by atoms with Crippen molar-refractivity contribution >= 4 is 41.0 Å². The SMILES string of the molecule is N#Cc1cccc(N(C(=O)[C@@H]2CCC(=O)N2c2nccc(C#N)n2)C(C(=O)NC2CCC(F)(F)CC2)c2ccccc2Cl)c1. The van der Waals surface area contributed by atoms with Gasteiger partial charge in [-0.3, -0.25) is 24.2 Å². The summed E-state index contributed by atoms with van der Waals surface area (Å²) in [6.07, 6.45) is 0.649. The molecule has 2 aromatic carbocycles. The number of anilines is 2. The monoisotopic (exact) mass is 617 g/mol. The molecule has 2 heterocycles. The molecule has 2 aliphatic rings. The van der Waals surface area contributed by atoms with E-state index in [0.29, 0.717) is 0 Å². The standard InChI is InChI=1S/C31H26ClF2N7O3/c32-24-7-2-1-6-23(24)27(28(43)38-20-10-13-31(33,34)14-11-20)40(22-5-3-4-19(16-22)17-35)29(44)25-8-9-26(42)41(25)30-37-15-12-21(18-36)39-30/h1-7,12,15-16,20,25,27H,8-11,13-14H2,(H,38,43)/t25-,27?/m0/s1. The van der Waals surface area contributed by atoms with E-state index in [2.05, 4.69) is 15.3 Å². The van der Waals surface area contributed by atoms with E-state index in [0.717, 1.165) is 4.90 Å². The van der Waals surface area contributed by atoms with Crippen LogP contribution >= 0.6 is 11.6 Å². The first-order chi connectivity index (χ1) is 21.1. The summed E-state index contributed by atoms with van der Waals surface area (Å²) in [5.41, 5.74) is 0.626. The number of rotatable bonds is 7. The number of hydrogen-bond acceptors (Lipinski definition) is 7. The predicted octanol–water partition coefficient (Wildman–Crippen LogP) is 4.84. The fourth-order valence-electron chi connectivity index (χ4n) is 5.54. The van der Waals surface area contributed by atoms with Crippen molar-refractivity contribution in [1.29, 1.82) is 10.5 Å². The fraction of sp³-hybridized carbons (Fsp3) is 0.323. The highest BCUT2D eigenvalue weighted by molar-refractivity contribution is 6.31. The third-order valence-electron chi connectivity index (χ3n) is 7.73. The molecule has 2 fully saturated rings. The first kappa shape index (κ1) is 30.5. The molecule has 2 atom stereocenters. The number of aromatic nitrogens is 2. The second-order valence-electron chi connectivity index (χ2n) is 10.6. The zero-order valence-corrected chi connectivity index (χ0v) is 24.0. The van der Waals surface area contributed by atoms with Crippen LogP contribution in [0.25, 0.3) is 0 Å². The first-order valence-electron chi connectivity index (χ1n) is 13.9. The molecule has 44 heavy (non-hydrogen) atoms. The Bertz CT molecular complexity index is 1680. The molecule has 3 amide bonds. The van der Waals surface area contributed by atoms with Crippen LogP contribution in [0.4, 0.5) is 20.4 Å². The van der Waals surface area contributed by atoms with E-state index in [1.54, 1.807) is 36.4 Å². The molecule has 1 aliphatic carbocycles. The first-order valence-corrected chi connectivity index (χ1v) is 14.3. The Morgan fingerprint density at radius 1 is 1.07 bits per heavy atom. The van der Waals surface area contributed by atoms with Crippen molar-refractivity contribution in [1.82, 2.24) is 15.3 Å². The summed E-state index contributed by atoms with van der Waals surface area (Å²) in [7, 11) is 0. The number of hydrogen-bond donors (Lipinski definition) is 1. The largest absolute Gasteiger partial charge is 0.351 e. The molecule has 0 spiro atoms. The van der Waals surface area contributed by atoms with Crippen LogP contribution in [0.2, 0.25) is 5.02 Å². The molecule has 0 radical (unpaired) electrons. The summed E-state index contributed by atoms with van der Waals surface area (Å²) in [4.78, 5) is 52.4. The number of halogens is 3. The van der Waals surface area contributed by atoms with E-state index in [1.807, 2.05) is 12.1 Å². The van der Waals surface area contributed by atoms with E-state index in [-0.39, 0.29) is 72.0 Å². The van der Waals surface area contributed by atoms with Gasteiger partial charge in [-0.15, -0.1) is 0 Å². The molecule has 13 heteroatoms. The Morgan fingerprint density at radius 2 is 1.82 bits per heavy atom. The highest BCUT2D eigenvalue weighted by Crippen LogP contribution is 2.37. The average molecular weight is 618 g/mol. The van der Waals surface area contributed by atoms with E-state index in [1.165, 1.54) is 29.3 Å². The number of nitrogens with one attached hydrogen (secondary N) is 1. The van der Waals surface area contributed by atoms with E-state index in [4.69, 9.17) is 11.6 Å². The number of carbonyl (C=O) groups is 3. The molecule has 1 unspecified atom stereocenters. The Balaban J connectivity index is 1.61. The summed E-state index contributed by atoms with van der Waals surface area (Å²) in [6.45, 7) is 0. The van der Waals surface area contributed by atoms with E-state index >= 15 is 0 Å². The van der Waals surface area contributed by atoms with Crippen molar-refractivity contribution in [3.8, 4) is 12.1 Å². The number of nitriles is 2. The Hall–Kier alpha value is -4.94. The van der Waals surface area contributed by atoms with Gasteiger partial charge in [0.1, 0.15) is 23.8 Å². The zero-order chi connectivity index (χ0) is 31.4. The molecular weight excluding hydrogens is 592 g/mol. The zero-order valence-electron chi connectivity index (χ0n) is 23.3. The van der Waals surface area contributed by atoms with Gasteiger partial charge in [0.15, 0.2) is 0 Å². The van der Waals surface area contributed by atoms with Gasteiger partial charge in [0.2, 0.25) is 23.7 Å². The molecule has 1 N–H and O–H groups in total. The van der Waals surface area contributed by atoms with Crippen LogP contribution < -0.4 is 15.1 Å². The van der Waals surface area contributed by atoms with E-state index in [9.17, 15) is 33.7 Å². The van der Waals surface area contributed by atoms with Gasteiger partial charge in [-0.2, -0.15) is 10.5 Å². The molecule has 1 aliphatic heterocycles. The molecular formula is C31H26ClF2N7O3. The third kappa shape index (κ3) is 6.36. The average Bonchev–Trinajstić information content (AvgIpc) is 3.42. The van der Waals surface area contributed by atoms with Gasteiger partial charge in [-0.1, -0.05) is 35.9 Å². The molecule has 224 valence electrons. The summed E-state index contributed by atoms with van der Waals surface area (Å²) in [5.74, 6) is -4.76. The quantitative estimate of drug-likeness (QED) is 0.400. The molecule has 3 aromatic rings. The molecule has 1 saturated heterocycles. The maximum Gasteiger partial charge on any atom is 0.251 e. The van der Waals surface area contributed by atoms with Gasteiger partial charge in [0, 0.05) is 47.8 Å². The van der Waals surface area contributed by atoms with Crippen molar-refractivity contribution in [3.63, 3.8) is 0 Å². The maximum atomic E-state index is 14.6. The summed E-state index contributed by atoms with van der Waals surface area (Å²) in [6, 6.07) is 14.6. The number of alkyl halides is 2. The van der Waals surface area contributed by atoms with Gasteiger partial charge in [-0.05, 0) is 49.6 Å². The minimum absolute atomic E-state index is 0.00847. The maximum absolute atomic E-state index is 14.6. The molecule has 1 saturated carbocycles. The van der Waals surface area contributed by atoms with Gasteiger partial charge in [0.05, 0.1) is 11.6 Å². The van der Waals surface area contributed by atoms with Crippen molar-refractivity contribution in [2.45, 2.75) is 62.6 Å². The number of nitrogens with zero attached hydrogens (tertiary/aromatic N) is 6. The summed E-state index contributed by atoms with van der Waals surface area (Å²) < 4.78 is 27.8. The summed E-state index contributed by atoms with van der Waals surface area (Å²) in [5, 5.41) is 22.0. The number of benzene rings is 2. The second kappa shape index (κ2) is 12.7. The van der Waals surface area contributed by atoms with Gasteiger partial charge >= 0.3 is 0 Å². The van der Waals surface area contributed by atoms with Gasteiger partial charge < -0.3 is 5.32 Å².